The molecule has 2 aliphatic rings. The molecule has 3 atom stereocenters. The summed E-state index contributed by atoms with van der Waals surface area (Å²) in [5.74, 6) is -0.148. The van der Waals surface area contributed by atoms with E-state index in [0.29, 0.717) is 5.92 Å². The molecule has 0 heterocycles. The van der Waals surface area contributed by atoms with Gasteiger partial charge in [0.05, 0.1) is 5.92 Å². The van der Waals surface area contributed by atoms with Gasteiger partial charge in [-0.25, -0.2) is 0 Å². The van der Waals surface area contributed by atoms with E-state index in [2.05, 4.69) is 20.8 Å². The molecular formula is C12H20O2. The van der Waals surface area contributed by atoms with Crippen LogP contribution in [0.4, 0.5) is 0 Å². The number of carbonyl (C=O) groups is 1. The van der Waals surface area contributed by atoms with Crippen molar-refractivity contribution in [2.75, 3.05) is 0 Å². The van der Waals surface area contributed by atoms with E-state index in [-0.39, 0.29) is 16.7 Å². The Labute approximate surface area is 85.7 Å². The highest BCUT2D eigenvalue weighted by atomic mass is 16.4. The van der Waals surface area contributed by atoms with Crippen molar-refractivity contribution in [1.82, 2.24) is 0 Å². The minimum atomic E-state index is -0.563. The summed E-state index contributed by atoms with van der Waals surface area (Å²) in [7, 11) is 0. The van der Waals surface area contributed by atoms with Crippen LogP contribution >= 0.6 is 0 Å². The number of hydrogen-bond donors (Lipinski definition) is 1. The molecule has 0 amide bonds. The van der Waals surface area contributed by atoms with Crippen molar-refractivity contribution in [3.05, 3.63) is 0 Å². The molecule has 2 saturated carbocycles. The molecule has 0 aliphatic heterocycles. The van der Waals surface area contributed by atoms with E-state index >= 15 is 0 Å². The van der Waals surface area contributed by atoms with E-state index in [1.165, 1.54) is 12.8 Å². The van der Waals surface area contributed by atoms with Crippen molar-refractivity contribution in [1.29, 1.82) is 0 Å². The third kappa shape index (κ3) is 1.06. The summed E-state index contributed by atoms with van der Waals surface area (Å²) in [6.45, 7) is 6.61. The second kappa shape index (κ2) is 2.74. The van der Waals surface area contributed by atoms with Gasteiger partial charge in [-0.3, -0.25) is 4.79 Å². The molecule has 2 heteroatoms. The fourth-order valence-corrected chi connectivity index (χ4v) is 3.86. The Bertz CT molecular complexity index is 264. The first-order chi connectivity index (χ1) is 6.41. The van der Waals surface area contributed by atoms with Gasteiger partial charge in [-0.2, -0.15) is 0 Å². The second-order valence-corrected chi connectivity index (χ2v) is 5.96. The largest absolute Gasteiger partial charge is 0.481 e. The molecule has 0 aromatic rings. The van der Waals surface area contributed by atoms with E-state index in [1.54, 1.807) is 0 Å². The summed E-state index contributed by atoms with van der Waals surface area (Å²) in [4.78, 5) is 11.2. The number of aliphatic carboxylic acids is 1. The maximum Gasteiger partial charge on any atom is 0.307 e. The standard InChI is InChI=1S/C12H20O2/c1-11(2,3)12-7-5-4-6-8(12)9(12)10(13)14/h8-9H,4-7H2,1-3H3,(H,13,14). The molecule has 0 spiro atoms. The first-order valence-corrected chi connectivity index (χ1v) is 5.64. The highest BCUT2D eigenvalue weighted by Gasteiger charge is 2.72. The predicted octanol–water partition coefficient (Wildman–Crippen LogP) is 2.92. The van der Waals surface area contributed by atoms with Crippen LogP contribution in [0.1, 0.15) is 46.5 Å². The van der Waals surface area contributed by atoms with Gasteiger partial charge < -0.3 is 5.11 Å². The Kier molecular flexibility index (Phi) is 1.96. The molecule has 0 radical (unpaired) electrons. The van der Waals surface area contributed by atoms with Crippen LogP contribution in [0.3, 0.4) is 0 Å². The van der Waals surface area contributed by atoms with E-state index in [1.807, 2.05) is 0 Å². The van der Waals surface area contributed by atoms with Crippen LogP contribution in [0.15, 0.2) is 0 Å². The summed E-state index contributed by atoms with van der Waals surface area (Å²) < 4.78 is 0. The maximum atomic E-state index is 11.2. The van der Waals surface area contributed by atoms with Crippen molar-refractivity contribution < 1.29 is 9.90 Å². The first-order valence-electron chi connectivity index (χ1n) is 5.64. The molecule has 14 heavy (non-hydrogen) atoms. The normalized spacial score (nSPS) is 41.6. The van der Waals surface area contributed by atoms with Gasteiger partial charge in [0.2, 0.25) is 0 Å². The lowest BCUT2D eigenvalue weighted by atomic mass is 9.69. The summed E-state index contributed by atoms with van der Waals surface area (Å²) in [6.07, 6.45) is 4.70. The average molecular weight is 196 g/mol. The molecule has 80 valence electrons. The van der Waals surface area contributed by atoms with Crippen LogP contribution in [0, 0.1) is 22.7 Å². The summed E-state index contributed by atoms with van der Waals surface area (Å²) in [6, 6.07) is 0. The summed E-state index contributed by atoms with van der Waals surface area (Å²) in [5, 5.41) is 9.21. The Morgan fingerprint density at radius 3 is 2.43 bits per heavy atom. The zero-order valence-electron chi connectivity index (χ0n) is 9.34. The lowest BCUT2D eigenvalue weighted by molar-refractivity contribution is -0.140. The Morgan fingerprint density at radius 2 is 2.00 bits per heavy atom. The lowest BCUT2D eigenvalue weighted by Gasteiger charge is -2.35. The molecule has 3 unspecified atom stereocenters. The van der Waals surface area contributed by atoms with Crippen molar-refractivity contribution in [3.63, 3.8) is 0 Å². The van der Waals surface area contributed by atoms with Gasteiger partial charge in [-0.15, -0.1) is 0 Å². The van der Waals surface area contributed by atoms with Gasteiger partial charge in [-0.1, -0.05) is 33.6 Å². The first kappa shape index (κ1) is 10.0. The predicted molar refractivity (Wildman–Crippen MR) is 55.0 cm³/mol. The molecule has 0 aromatic heterocycles. The fraction of sp³-hybridized carbons (Fsp3) is 0.917. The van der Waals surface area contributed by atoms with Crippen molar-refractivity contribution in [2.45, 2.75) is 46.5 Å². The number of rotatable bonds is 1. The van der Waals surface area contributed by atoms with Crippen molar-refractivity contribution >= 4 is 5.97 Å². The molecule has 0 saturated heterocycles. The SMILES string of the molecule is CC(C)(C)C12CCCCC1C2C(=O)O. The Morgan fingerprint density at radius 1 is 1.36 bits per heavy atom. The molecule has 2 nitrogen and oxygen atoms in total. The van der Waals surface area contributed by atoms with Crippen molar-refractivity contribution in [2.24, 2.45) is 22.7 Å². The van der Waals surface area contributed by atoms with E-state index in [9.17, 15) is 9.90 Å². The minimum absolute atomic E-state index is 0.0509. The number of carboxylic acids is 1. The lowest BCUT2D eigenvalue weighted by Crippen LogP contribution is -2.28. The second-order valence-electron chi connectivity index (χ2n) is 5.96. The zero-order chi connectivity index (χ0) is 10.6. The maximum absolute atomic E-state index is 11.2. The quantitative estimate of drug-likeness (QED) is 0.700. The van der Waals surface area contributed by atoms with E-state index in [0.717, 1.165) is 12.8 Å². The molecule has 0 aromatic carbocycles. The summed E-state index contributed by atoms with van der Waals surface area (Å²) >= 11 is 0. The van der Waals surface area contributed by atoms with Gasteiger partial charge in [0.1, 0.15) is 0 Å². The zero-order valence-corrected chi connectivity index (χ0v) is 9.34. The highest BCUT2D eigenvalue weighted by molar-refractivity contribution is 5.76. The Balaban J connectivity index is 2.28. The molecule has 2 rings (SSSR count). The van der Waals surface area contributed by atoms with Gasteiger partial charge >= 0.3 is 5.97 Å². The third-order valence-electron chi connectivity index (χ3n) is 4.53. The summed E-state index contributed by atoms with van der Waals surface area (Å²) in [5.41, 5.74) is 0.276. The highest BCUT2D eigenvalue weighted by Crippen LogP contribution is 2.73. The monoisotopic (exact) mass is 196 g/mol. The fourth-order valence-electron chi connectivity index (χ4n) is 3.86. The Hall–Kier alpha value is -0.530. The van der Waals surface area contributed by atoms with Crippen LogP contribution in [-0.2, 0) is 4.79 Å². The molecule has 0 bridgehead atoms. The topological polar surface area (TPSA) is 37.3 Å². The van der Waals surface area contributed by atoms with Crippen LogP contribution in [-0.4, -0.2) is 11.1 Å². The number of carboxylic acid groups (broad SMARTS) is 1. The molecular weight excluding hydrogens is 176 g/mol. The van der Waals surface area contributed by atoms with E-state index < -0.39 is 5.97 Å². The van der Waals surface area contributed by atoms with Crippen molar-refractivity contribution in [3.8, 4) is 0 Å². The van der Waals surface area contributed by atoms with Crippen LogP contribution in [0.5, 0.6) is 0 Å². The van der Waals surface area contributed by atoms with Gasteiger partial charge in [0, 0.05) is 0 Å². The van der Waals surface area contributed by atoms with Gasteiger partial charge in [0.25, 0.3) is 0 Å². The van der Waals surface area contributed by atoms with Crippen LogP contribution in [0.2, 0.25) is 0 Å². The number of hydrogen-bond acceptors (Lipinski definition) is 1. The molecule has 2 fully saturated rings. The number of fused-ring (bicyclic) bond motifs is 1. The van der Waals surface area contributed by atoms with Gasteiger partial charge in [-0.05, 0) is 29.6 Å². The van der Waals surface area contributed by atoms with Gasteiger partial charge in [0.15, 0.2) is 0 Å². The molecule has 2 aliphatic carbocycles. The molecule has 1 N–H and O–H groups in total. The minimum Gasteiger partial charge on any atom is -0.481 e. The van der Waals surface area contributed by atoms with Crippen LogP contribution in [0.25, 0.3) is 0 Å². The smallest absolute Gasteiger partial charge is 0.307 e. The van der Waals surface area contributed by atoms with Crippen LogP contribution < -0.4 is 0 Å². The third-order valence-corrected chi connectivity index (χ3v) is 4.53. The average Bonchev–Trinajstić information content (AvgIpc) is 2.72. The van der Waals surface area contributed by atoms with E-state index in [4.69, 9.17) is 0 Å².